The first kappa shape index (κ1) is 11.0. The van der Waals surface area contributed by atoms with Gasteiger partial charge >= 0.3 is 0 Å². The van der Waals surface area contributed by atoms with Gasteiger partial charge in [0.1, 0.15) is 11.4 Å². The molecule has 0 radical (unpaired) electrons. The van der Waals surface area contributed by atoms with Gasteiger partial charge in [-0.25, -0.2) is 4.98 Å². The van der Waals surface area contributed by atoms with Gasteiger partial charge < -0.3 is 4.74 Å². The van der Waals surface area contributed by atoms with Gasteiger partial charge in [-0.3, -0.25) is 4.40 Å². The average Bonchev–Trinajstić information content (AvgIpc) is 2.51. The summed E-state index contributed by atoms with van der Waals surface area (Å²) in [6.45, 7) is 8.65. The van der Waals surface area contributed by atoms with Crippen LogP contribution in [0.2, 0.25) is 0 Å². The third kappa shape index (κ3) is 1.66. The van der Waals surface area contributed by atoms with Crippen molar-refractivity contribution < 1.29 is 4.74 Å². The van der Waals surface area contributed by atoms with Crippen molar-refractivity contribution in [1.29, 1.82) is 0 Å². The van der Waals surface area contributed by atoms with Crippen molar-refractivity contribution in [1.82, 2.24) is 9.38 Å². The predicted molar refractivity (Wildman–Crippen MR) is 65.2 cm³/mol. The summed E-state index contributed by atoms with van der Waals surface area (Å²) in [5.41, 5.74) is 3.38. The quantitative estimate of drug-likeness (QED) is 0.735. The molecular weight excluding hydrogens is 200 g/mol. The van der Waals surface area contributed by atoms with E-state index in [4.69, 9.17) is 4.74 Å². The normalized spacial score (nSPS) is 12.1. The highest BCUT2D eigenvalue weighted by Crippen LogP contribution is 2.27. The summed E-state index contributed by atoms with van der Waals surface area (Å²) in [5.74, 6) is 0.857. The second-order valence-electron chi connectivity index (χ2n) is 5.09. The maximum Gasteiger partial charge on any atom is 0.137 e. The van der Waals surface area contributed by atoms with Crippen LogP contribution < -0.4 is 4.74 Å². The number of methoxy groups -OCH3 is 1. The van der Waals surface area contributed by atoms with Crippen LogP contribution in [0, 0.1) is 6.92 Å². The van der Waals surface area contributed by atoms with Crippen LogP contribution in [0.3, 0.4) is 0 Å². The molecule has 0 unspecified atom stereocenters. The zero-order valence-corrected chi connectivity index (χ0v) is 10.5. The van der Waals surface area contributed by atoms with Gasteiger partial charge in [0, 0.05) is 5.41 Å². The van der Waals surface area contributed by atoms with Crippen LogP contribution in [0.1, 0.15) is 32.2 Å². The molecule has 0 fully saturated rings. The minimum Gasteiger partial charge on any atom is -0.495 e. The molecule has 2 rings (SSSR count). The molecule has 0 aliphatic carbocycles. The Morgan fingerprint density at radius 2 is 1.94 bits per heavy atom. The lowest BCUT2D eigenvalue weighted by atomic mass is 9.91. The highest BCUT2D eigenvalue weighted by Gasteiger charge is 2.22. The minimum absolute atomic E-state index is 0.0792. The number of hydrogen-bond donors (Lipinski definition) is 0. The molecule has 16 heavy (non-hydrogen) atoms. The minimum atomic E-state index is 0.0792. The van der Waals surface area contributed by atoms with E-state index >= 15 is 0 Å². The molecule has 3 heteroatoms. The molecule has 0 spiro atoms. The lowest BCUT2D eigenvalue weighted by Gasteiger charge is -2.19. The number of ether oxygens (including phenoxy) is 1. The first-order valence-corrected chi connectivity index (χ1v) is 5.46. The van der Waals surface area contributed by atoms with E-state index in [9.17, 15) is 0 Å². The summed E-state index contributed by atoms with van der Waals surface area (Å²) < 4.78 is 7.37. The number of hydrogen-bond acceptors (Lipinski definition) is 2. The fourth-order valence-electron chi connectivity index (χ4n) is 2.17. The molecule has 0 aliphatic heterocycles. The summed E-state index contributed by atoms with van der Waals surface area (Å²) in [7, 11) is 1.68. The first-order chi connectivity index (χ1) is 7.43. The predicted octanol–water partition coefficient (Wildman–Crippen LogP) is 2.95. The standard InChI is InChI=1S/C13H18N2O/c1-9-12(13(2,3)4)15-8-10(16-5)6-7-11(15)14-9/h6-8H,1-5H3. The number of nitrogens with zero attached hydrogens (tertiary/aromatic N) is 2. The number of rotatable bonds is 1. The molecule has 0 N–H and O–H groups in total. The van der Waals surface area contributed by atoms with Crippen LogP contribution in [0.15, 0.2) is 18.3 Å². The topological polar surface area (TPSA) is 26.5 Å². The Morgan fingerprint density at radius 1 is 1.25 bits per heavy atom. The monoisotopic (exact) mass is 218 g/mol. The van der Waals surface area contributed by atoms with Crippen LogP contribution in [0.4, 0.5) is 0 Å². The molecule has 0 aliphatic rings. The molecule has 2 aromatic rings. The Hall–Kier alpha value is -1.51. The molecule has 0 aromatic carbocycles. The van der Waals surface area contributed by atoms with E-state index in [1.165, 1.54) is 5.69 Å². The average molecular weight is 218 g/mol. The van der Waals surface area contributed by atoms with E-state index in [1.807, 2.05) is 18.3 Å². The second-order valence-corrected chi connectivity index (χ2v) is 5.09. The van der Waals surface area contributed by atoms with Crippen molar-refractivity contribution >= 4 is 5.65 Å². The highest BCUT2D eigenvalue weighted by molar-refractivity contribution is 5.47. The third-order valence-electron chi connectivity index (χ3n) is 2.71. The van der Waals surface area contributed by atoms with E-state index in [0.29, 0.717) is 0 Å². The van der Waals surface area contributed by atoms with Crippen LogP contribution in [-0.4, -0.2) is 16.5 Å². The molecule has 0 amide bonds. The van der Waals surface area contributed by atoms with E-state index in [1.54, 1.807) is 7.11 Å². The Bertz CT molecular complexity index is 520. The van der Waals surface area contributed by atoms with Crippen LogP contribution in [0.5, 0.6) is 5.75 Å². The maximum atomic E-state index is 5.25. The molecule has 0 saturated heterocycles. The smallest absolute Gasteiger partial charge is 0.137 e. The zero-order valence-electron chi connectivity index (χ0n) is 10.5. The SMILES string of the molecule is COc1ccc2nc(C)c(C(C)(C)C)n2c1. The summed E-state index contributed by atoms with van der Waals surface area (Å²) >= 11 is 0. The van der Waals surface area contributed by atoms with Gasteiger partial charge in [-0.1, -0.05) is 20.8 Å². The Kier molecular flexibility index (Phi) is 2.41. The van der Waals surface area contributed by atoms with Crippen molar-refractivity contribution in [2.45, 2.75) is 33.1 Å². The van der Waals surface area contributed by atoms with Gasteiger partial charge in [-0.05, 0) is 19.1 Å². The number of aryl methyl sites for hydroxylation is 1. The lowest BCUT2D eigenvalue weighted by Crippen LogP contribution is -2.15. The van der Waals surface area contributed by atoms with Crippen LogP contribution >= 0.6 is 0 Å². The van der Waals surface area contributed by atoms with Crippen molar-refractivity contribution in [3.8, 4) is 5.75 Å². The highest BCUT2D eigenvalue weighted by atomic mass is 16.5. The Morgan fingerprint density at radius 3 is 2.50 bits per heavy atom. The van der Waals surface area contributed by atoms with Crippen molar-refractivity contribution in [3.05, 3.63) is 29.7 Å². The van der Waals surface area contributed by atoms with Crippen LogP contribution in [0.25, 0.3) is 5.65 Å². The van der Waals surface area contributed by atoms with E-state index in [0.717, 1.165) is 17.1 Å². The fourth-order valence-corrected chi connectivity index (χ4v) is 2.17. The Balaban J connectivity index is 2.76. The van der Waals surface area contributed by atoms with Crippen molar-refractivity contribution in [2.75, 3.05) is 7.11 Å². The summed E-state index contributed by atoms with van der Waals surface area (Å²) in [4.78, 5) is 4.56. The van der Waals surface area contributed by atoms with E-state index in [-0.39, 0.29) is 5.41 Å². The number of aromatic nitrogens is 2. The zero-order chi connectivity index (χ0) is 11.9. The molecular formula is C13H18N2O. The Labute approximate surface area is 96.1 Å². The number of imidazole rings is 1. The van der Waals surface area contributed by atoms with Crippen molar-refractivity contribution in [2.24, 2.45) is 0 Å². The van der Waals surface area contributed by atoms with Gasteiger partial charge in [-0.15, -0.1) is 0 Å². The summed E-state index contributed by atoms with van der Waals surface area (Å²) in [5, 5.41) is 0. The molecule has 2 heterocycles. The van der Waals surface area contributed by atoms with Gasteiger partial charge in [0.25, 0.3) is 0 Å². The second kappa shape index (κ2) is 3.51. The largest absolute Gasteiger partial charge is 0.495 e. The first-order valence-electron chi connectivity index (χ1n) is 5.46. The molecule has 2 aromatic heterocycles. The molecule has 0 saturated carbocycles. The molecule has 0 atom stereocenters. The van der Waals surface area contributed by atoms with E-state index < -0.39 is 0 Å². The summed E-state index contributed by atoms with van der Waals surface area (Å²) in [6, 6.07) is 3.93. The van der Waals surface area contributed by atoms with Gasteiger partial charge in [0.2, 0.25) is 0 Å². The van der Waals surface area contributed by atoms with Gasteiger partial charge in [0.05, 0.1) is 24.7 Å². The number of pyridine rings is 1. The summed E-state index contributed by atoms with van der Waals surface area (Å²) in [6.07, 6.45) is 2.00. The van der Waals surface area contributed by atoms with E-state index in [2.05, 4.69) is 37.1 Å². The van der Waals surface area contributed by atoms with Crippen LogP contribution in [-0.2, 0) is 5.41 Å². The molecule has 0 bridgehead atoms. The third-order valence-corrected chi connectivity index (χ3v) is 2.71. The fraction of sp³-hybridized carbons (Fsp3) is 0.462. The molecule has 86 valence electrons. The maximum absolute atomic E-state index is 5.25. The van der Waals surface area contributed by atoms with Gasteiger partial charge in [-0.2, -0.15) is 0 Å². The van der Waals surface area contributed by atoms with Crippen molar-refractivity contribution in [3.63, 3.8) is 0 Å². The number of fused-ring (bicyclic) bond motifs is 1. The lowest BCUT2D eigenvalue weighted by molar-refractivity contribution is 0.411. The van der Waals surface area contributed by atoms with Gasteiger partial charge in [0.15, 0.2) is 0 Å². The molecule has 3 nitrogen and oxygen atoms in total.